The summed E-state index contributed by atoms with van der Waals surface area (Å²) >= 11 is 0. The van der Waals surface area contributed by atoms with E-state index in [1.54, 1.807) is 6.07 Å². The normalized spacial score (nSPS) is 13.4. The average Bonchev–Trinajstić information content (AvgIpc) is 2.67. The highest BCUT2D eigenvalue weighted by atomic mass is 16.3. The molecule has 0 aliphatic carbocycles. The van der Waals surface area contributed by atoms with Crippen molar-refractivity contribution in [2.75, 3.05) is 30.3 Å². The van der Waals surface area contributed by atoms with E-state index in [2.05, 4.69) is 5.32 Å². The molecule has 1 amide bonds. The number of fused-ring (bicyclic) bond motifs is 1. The second-order valence-corrected chi connectivity index (χ2v) is 4.05. The number of benzene rings is 1. The van der Waals surface area contributed by atoms with E-state index in [9.17, 15) is 4.79 Å². The molecule has 0 radical (unpaired) electrons. The number of rotatable bonds is 4. The van der Waals surface area contributed by atoms with E-state index < -0.39 is 0 Å². The maximum absolute atomic E-state index is 11.5. The molecule has 92 valence electrons. The average molecular weight is 235 g/mol. The summed E-state index contributed by atoms with van der Waals surface area (Å²) in [5.74, 6) is -0.0662. The summed E-state index contributed by atoms with van der Waals surface area (Å²) in [7, 11) is 0. The lowest BCUT2D eigenvalue weighted by Gasteiger charge is -2.24. The van der Waals surface area contributed by atoms with Crippen molar-refractivity contribution in [3.63, 3.8) is 0 Å². The summed E-state index contributed by atoms with van der Waals surface area (Å²) in [6, 6.07) is 3.65. The zero-order valence-corrected chi connectivity index (χ0v) is 9.86. The molecule has 1 aliphatic heterocycles. The number of amides is 1. The van der Waals surface area contributed by atoms with Crippen LogP contribution in [0.25, 0.3) is 0 Å². The zero-order valence-electron chi connectivity index (χ0n) is 9.86. The Bertz CT molecular complexity index is 446. The minimum absolute atomic E-state index is 0.0662. The number of aliphatic hydroxyl groups excluding tert-OH is 1. The van der Waals surface area contributed by atoms with Gasteiger partial charge in [-0.1, -0.05) is 0 Å². The van der Waals surface area contributed by atoms with Gasteiger partial charge in [0.2, 0.25) is 0 Å². The number of hydrogen-bond donors (Lipinski definition) is 3. The lowest BCUT2D eigenvalue weighted by Crippen LogP contribution is -2.27. The number of hydrogen-bond acceptors (Lipinski definition) is 4. The van der Waals surface area contributed by atoms with E-state index in [-0.39, 0.29) is 12.5 Å². The van der Waals surface area contributed by atoms with E-state index in [1.165, 1.54) is 0 Å². The molecular weight excluding hydrogens is 218 g/mol. The van der Waals surface area contributed by atoms with Crippen LogP contribution in [0.5, 0.6) is 0 Å². The van der Waals surface area contributed by atoms with Gasteiger partial charge in [-0.15, -0.1) is 0 Å². The molecule has 0 bridgehead atoms. The molecular formula is C12H17N3O2. The number of anilines is 2. The molecule has 1 aromatic rings. The van der Waals surface area contributed by atoms with E-state index in [4.69, 9.17) is 10.8 Å². The van der Waals surface area contributed by atoms with Crippen molar-refractivity contribution >= 4 is 17.3 Å². The van der Waals surface area contributed by atoms with Crippen LogP contribution in [0.15, 0.2) is 12.1 Å². The van der Waals surface area contributed by atoms with Crippen LogP contribution in [-0.4, -0.2) is 30.7 Å². The van der Waals surface area contributed by atoms with Gasteiger partial charge in [0, 0.05) is 25.2 Å². The minimum Gasteiger partial charge on any atom is -0.397 e. The lowest BCUT2D eigenvalue weighted by molar-refractivity contribution is 0.0966. The summed E-state index contributed by atoms with van der Waals surface area (Å²) in [4.78, 5) is 13.5. The van der Waals surface area contributed by atoms with Crippen molar-refractivity contribution < 1.29 is 9.90 Å². The van der Waals surface area contributed by atoms with Crippen molar-refractivity contribution in [1.29, 1.82) is 0 Å². The van der Waals surface area contributed by atoms with Crippen LogP contribution in [0.1, 0.15) is 22.8 Å². The van der Waals surface area contributed by atoms with Gasteiger partial charge < -0.3 is 21.1 Å². The maximum Gasteiger partial charge on any atom is 0.251 e. The van der Waals surface area contributed by atoms with Crippen LogP contribution >= 0.6 is 0 Å². The Labute approximate surface area is 100 Å². The summed E-state index contributed by atoms with van der Waals surface area (Å²) in [5, 5.41) is 11.8. The van der Waals surface area contributed by atoms with Gasteiger partial charge in [0.15, 0.2) is 0 Å². The van der Waals surface area contributed by atoms with Crippen molar-refractivity contribution in [1.82, 2.24) is 5.32 Å². The fourth-order valence-corrected chi connectivity index (χ4v) is 2.12. The first kappa shape index (κ1) is 11.7. The van der Waals surface area contributed by atoms with E-state index in [1.807, 2.05) is 17.9 Å². The Hall–Kier alpha value is -1.75. The highest BCUT2D eigenvalue weighted by Gasteiger charge is 2.21. The lowest BCUT2D eigenvalue weighted by atomic mass is 10.1. The molecule has 1 aliphatic rings. The predicted molar refractivity (Wildman–Crippen MR) is 67.0 cm³/mol. The molecule has 5 nitrogen and oxygen atoms in total. The molecule has 4 N–H and O–H groups in total. The zero-order chi connectivity index (χ0) is 12.4. The van der Waals surface area contributed by atoms with Crippen LogP contribution < -0.4 is 16.0 Å². The fraction of sp³-hybridized carbons (Fsp3) is 0.417. The minimum atomic E-state index is -0.0662. The molecule has 0 unspecified atom stereocenters. The van der Waals surface area contributed by atoms with Crippen LogP contribution in [0.4, 0.5) is 11.4 Å². The molecule has 0 saturated heterocycles. The number of nitrogens with zero attached hydrogens (tertiary/aromatic N) is 1. The highest BCUT2D eigenvalue weighted by molar-refractivity contribution is 6.00. The van der Waals surface area contributed by atoms with E-state index in [0.717, 1.165) is 17.8 Å². The number of carbonyl (C=O) groups excluding carboxylic acids is 1. The van der Waals surface area contributed by atoms with Crippen LogP contribution in [0.2, 0.25) is 0 Å². The number of likely N-dealkylation sites (N-methyl/N-ethyl adjacent to an activating group) is 1. The Kier molecular flexibility index (Phi) is 3.19. The highest BCUT2D eigenvalue weighted by Crippen LogP contribution is 2.29. The third-order valence-electron chi connectivity index (χ3n) is 3.03. The van der Waals surface area contributed by atoms with Gasteiger partial charge in [-0.25, -0.2) is 0 Å². The van der Waals surface area contributed by atoms with Gasteiger partial charge in [-0.3, -0.25) is 4.79 Å². The van der Waals surface area contributed by atoms with Gasteiger partial charge in [0.1, 0.15) is 0 Å². The number of aliphatic hydroxyl groups is 1. The third-order valence-corrected chi connectivity index (χ3v) is 3.03. The van der Waals surface area contributed by atoms with Gasteiger partial charge >= 0.3 is 0 Å². The molecule has 0 aromatic heterocycles. The molecule has 1 heterocycles. The first-order valence-electron chi connectivity index (χ1n) is 5.73. The molecule has 5 heteroatoms. The molecule has 0 spiro atoms. The van der Waals surface area contributed by atoms with Gasteiger partial charge in [-0.05, 0) is 24.6 Å². The molecule has 0 atom stereocenters. The molecule has 17 heavy (non-hydrogen) atoms. The third kappa shape index (κ3) is 2.06. The molecule has 2 rings (SSSR count). The maximum atomic E-state index is 11.5. The van der Waals surface area contributed by atoms with E-state index >= 15 is 0 Å². The largest absolute Gasteiger partial charge is 0.397 e. The monoisotopic (exact) mass is 235 g/mol. The molecule has 0 fully saturated rings. The Balaban J connectivity index is 2.39. The summed E-state index contributed by atoms with van der Waals surface area (Å²) in [6.07, 6.45) is 0. The quantitative estimate of drug-likeness (QED) is 0.657. The second-order valence-electron chi connectivity index (χ2n) is 4.05. The first-order chi connectivity index (χ1) is 8.17. The van der Waals surface area contributed by atoms with Gasteiger partial charge in [-0.2, -0.15) is 0 Å². The van der Waals surface area contributed by atoms with E-state index in [0.29, 0.717) is 24.3 Å². The first-order valence-corrected chi connectivity index (χ1v) is 5.73. The topological polar surface area (TPSA) is 78.6 Å². The standard InChI is InChI=1S/C12H17N3O2/c1-2-15(3-4-16)11-5-8-7-14-12(17)9(8)6-10(11)13/h5-6,16H,2-4,7,13H2,1H3,(H,14,17). The number of nitrogen functional groups attached to an aromatic ring is 1. The molecule has 1 aromatic carbocycles. The van der Waals surface area contributed by atoms with Gasteiger partial charge in [0.05, 0.1) is 18.0 Å². The Morgan fingerprint density at radius 2 is 2.29 bits per heavy atom. The number of nitrogens with two attached hydrogens (primary N) is 1. The summed E-state index contributed by atoms with van der Waals surface area (Å²) in [6.45, 7) is 3.96. The number of carbonyl (C=O) groups is 1. The summed E-state index contributed by atoms with van der Waals surface area (Å²) < 4.78 is 0. The Morgan fingerprint density at radius 3 is 2.94 bits per heavy atom. The summed E-state index contributed by atoms with van der Waals surface area (Å²) in [5.41, 5.74) is 9.05. The fourth-order valence-electron chi connectivity index (χ4n) is 2.12. The van der Waals surface area contributed by atoms with Crippen molar-refractivity contribution in [2.45, 2.75) is 13.5 Å². The van der Waals surface area contributed by atoms with Gasteiger partial charge in [0.25, 0.3) is 5.91 Å². The molecule has 0 saturated carbocycles. The van der Waals surface area contributed by atoms with Crippen molar-refractivity contribution in [3.8, 4) is 0 Å². The van der Waals surface area contributed by atoms with Crippen LogP contribution in [0, 0.1) is 0 Å². The van der Waals surface area contributed by atoms with Crippen molar-refractivity contribution in [2.24, 2.45) is 0 Å². The predicted octanol–water partition coefficient (Wildman–Crippen LogP) is 0.331. The number of nitrogens with one attached hydrogen (secondary N) is 1. The SMILES string of the molecule is CCN(CCO)c1cc2c(cc1N)C(=O)NC2. The van der Waals surface area contributed by atoms with Crippen LogP contribution in [-0.2, 0) is 6.54 Å². The Morgan fingerprint density at radius 1 is 1.53 bits per heavy atom. The van der Waals surface area contributed by atoms with Crippen LogP contribution in [0.3, 0.4) is 0 Å². The van der Waals surface area contributed by atoms with Crippen molar-refractivity contribution in [3.05, 3.63) is 23.3 Å². The smallest absolute Gasteiger partial charge is 0.251 e. The second kappa shape index (κ2) is 4.63.